The Balaban J connectivity index is 1.67. The van der Waals surface area contributed by atoms with Gasteiger partial charge >= 0.3 is 0 Å². The number of nitrogens with zero attached hydrogens (tertiary/aromatic N) is 2. The smallest absolute Gasteiger partial charge is 0.267 e. The maximum absolute atomic E-state index is 13.8. The molecule has 4 aromatic rings. The van der Waals surface area contributed by atoms with E-state index in [0.717, 1.165) is 41.0 Å². The van der Waals surface area contributed by atoms with E-state index in [1.54, 1.807) is 15.9 Å². The molecule has 0 fully saturated rings. The van der Waals surface area contributed by atoms with Crippen LogP contribution in [-0.2, 0) is 18.7 Å². The quantitative estimate of drug-likeness (QED) is 0.336. The highest BCUT2D eigenvalue weighted by Crippen LogP contribution is 2.34. The van der Waals surface area contributed by atoms with Crippen LogP contribution in [0.3, 0.4) is 0 Å². The Bertz CT molecular complexity index is 1310. The molecular formula is C23H20Cl2N3OS2+. The number of para-hydroxylation sites is 1. The van der Waals surface area contributed by atoms with Crippen LogP contribution in [0, 0.1) is 0 Å². The molecule has 0 bridgehead atoms. The molecule has 158 valence electrons. The zero-order valence-corrected chi connectivity index (χ0v) is 20.0. The number of quaternary nitrogens is 1. The van der Waals surface area contributed by atoms with Crippen molar-refractivity contribution >= 4 is 56.5 Å². The molecule has 3 heterocycles. The van der Waals surface area contributed by atoms with Gasteiger partial charge in [0.1, 0.15) is 11.4 Å². The van der Waals surface area contributed by atoms with Gasteiger partial charge in [0.25, 0.3) is 5.56 Å². The minimum Gasteiger partial charge on any atom is -0.333 e. The number of aromatic nitrogens is 2. The zero-order valence-electron chi connectivity index (χ0n) is 16.8. The summed E-state index contributed by atoms with van der Waals surface area (Å²) >= 11 is 15.9. The summed E-state index contributed by atoms with van der Waals surface area (Å²) < 4.78 is 1.73. The molecule has 1 aliphatic rings. The number of thiophene rings is 1. The average molecular weight is 489 g/mol. The van der Waals surface area contributed by atoms with Gasteiger partial charge in [0.15, 0.2) is 5.16 Å². The van der Waals surface area contributed by atoms with E-state index in [1.165, 1.54) is 27.1 Å². The predicted octanol–water partition coefficient (Wildman–Crippen LogP) is 4.62. The van der Waals surface area contributed by atoms with Crippen molar-refractivity contribution in [3.8, 4) is 5.69 Å². The van der Waals surface area contributed by atoms with Crippen LogP contribution in [0.2, 0.25) is 10.0 Å². The van der Waals surface area contributed by atoms with Crippen molar-refractivity contribution in [1.82, 2.24) is 9.55 Å². The Morgan fingerprint density at radius 2 is 1.87 bits per heavy atom. The van der Waals surface area contributed by atoms with Gasteiger partial charge in [-0.3, -0.25) is 9.36 Å². The predicted molar refractivity (Wildman–Crippen MR) is 130 cm³/mol. The summed E-state index contributed by atoms with van der Waals surface area (Å²) in [5.41, 5.74) is 2.84. The summed E-state index contributed by atoms with van der Waals surface area (Å²) in [5, 5.41) is 2.66. The number of halogens is 2. The first-order valence-corrected chi connectivity index (χ1v) is 12.6. The van der Waals surface area contributed by atoms with Gasteiger partial charge in [0, 0.05) is 22.2 Å². The molecule has 31 heavy (non-hydrogen) atoms. The van der Waals surface area contributed by atoms with E-state index in [4.69, 9.17) is 28.2 Å². The lowest BCUT2D eigenvalue weighted by molar-refractivity contribution is -0.895. The standard InChI is InChI=1S/C23H19Cl2N3OS2/c1-27-11-10-15-19(12-27)31-21-20(15)22(29)28(14-6-3-2-4-7-14)23(26-21)30-13-16-17(24)8-5-9-18(16)25/h2-9H,10-13H2,1H3/p+1. The Labute approximate surface area is 198 Å². The highest BCUT2D eigenvalue weighted by molar-refractivity contribution is 7.98. The van der Waals surface area contributed by atoms with Crippen LogP contribution in [-0.4, -0.2) is 23.1 Å². The molecular weight excluding hydrogens is 469 g/mol. The molecule has 4 nitrogen and oxygen atoms in total. The van der Waals surface area contributed by atoms with Crippen LogP contribution >= 0.6 is 46.3 Å². The SMILES string of the molecule is C[NH+]1CCc2c(sc3nc(SCc4c(Cl)cccc4Cl)n(-c4ccccc4)c(=O)c23)C1. The monoisotopic (exact) mass is 488 g/mol. The van der Waals surface area contributed by atoms with Crippen LogP contribution < -0.4 is 10.5 Å². The number of benzene rings is 2. The fourth-order valence-corrected chi connectivity index (χ4v) is 7.08. The minimum atomic E-state index is 0.000934. The van der Waals surface area contributed by atoms with Crippen molar-refractivity contribution in [3.05, 3.63) is 84.9 Å². The topological polar surface area (TPSA) is 39.3 Å². The third kappa shape index (κ3) is 3.92. The molecule has 5 rings (SSSR count). The van der Waals surface area contributed by atoms with Crippen LogP contribution in [0.4, 0.5) is 0 Å². The number of likely N-dealkylation sites (N-methyl/N-ethyl adjacent to an activating group) is 1. The third-order valence-corrected chi connectivity index (χ3v) is 8.36. The van der Waals surface area contributed by atoms with Gasteiger partial charge in [-0.25, -0.2) is 4.98 Å². The van der Waals surface area contributed by atoms with Crippen molar-refractivity contribution in [3.63, 3.8) is 0 Å². The molecule has 0 saturated carbocycles. The molecule has 1 atom stereocenters. The number of rotatable bonds is 4. The second-order valence-corrected chi connectivity index (χ2v) is 10.5. The largest absolute Gasteiger partial charge is 0.333 e. The van der Waals surface area contributed by atoms with E-state index in [1.807, 2.05) is 48.5 Å². The first kappa shape index (κ1) is 21.0. The van der Waals surface area contributed by atoms with Gasteiger partial charge in [-0.1, -0.05) is 59.2 Å². The number of nitrogens with one attached hydrogen (secondary N) is 1. The molecule has 8 heteroatoms. The Kier molecular flexibility index (Phi) is 5.84. The summed E-state index contributed by atoms with van der Waals surface area (Å²) in [5.74, 6) is 0.529. The van der Waals surface area contributed by atoms with Crippen molar-refractivity contribution in [2.24, 2.45) is 0 Å². The lowest BCUT2D eigenvalue weighted by atomic mass is 10.1. The summed E-state index contributed by atoms with van der Waals surface area (Å²) in [4.78, 5) is 22.3. The molecule has 0 radical (unpaired) electrons. The van der Waals surface area contributed by atoms with Crippen LogP contribution in [0.15, 0.2) is 58.5 Å². The zero-order chi connectivity index (χ0) is 21.5. The van der Waals surface area contributed by atoms with E-state index >= 15 is 0 Å². The van der Waals surface area contributed by atoms with Gasteiger partial charge in [-0.2, -0.15) is 0 Å². The number of hydrogen-bond acceptors (Lipinski definition) is 4. The lowest BCUT2D eigenvalue weighted by Crippen LogP contribution is -3.08. The van der Waals surface area contributed by atoms with Crippen molar-refractivity contribution in [2.75, 3.05) is 13.6 Å². The van der Waals surface area contributed by atoms with Gasteiger partial charge < -0.3 is 4.90 Å². The van der Waals surface area contributed by atoms with Gasteiger partial charge in [0.05, 0.1) is 29.5 Å². The summed E-state index contributed by atoms with van der Waals surface area (Å²) in [6.07, 6.45) is 0.911. The summed E-state index contributed by atoms with van der Waals surface area (Å²) in [6.45, 7) is 1.98. The molecule has 0 spiro atoms. The molecule has 0 saturated heterocycles. The maximum atomic E-state index is 13.8. The van der Waals surface area contributed by atoms with Crippen molar-refractivity contribution in [2.45, 2.75) is 23.9 Å². The third-order valence-electron chi connectivity index (χ3n) is 5.56. The van der Waals surface area contributed by atoms with Gasteiger partial charge in [0.2, 0.25) is 0 Å². The highest BCUT2D eigenvalue weighted by Gasteiger charge is 2.26. The molecule has 0 aliphatic carbocycles. The fraction of sp³-hybridized carbons (Fsp3) is 0.217. The number of fused-ring (bicyclic) bond motifs is 3. The molecule has 1 N–H and O–H groups in total. The second kappa shape index (κ2) is 8.60. The molecule has 2 aromatic carbocycles. The lowest BCUT2D eigenvalue weighted by Gasteiger charge is -2.19. The number of thioether (sulfide) groups is 1. The second-order valence-electron chi connectivity index (χ2n) is 7.68. The Morgan fingerprint density at radius 1 is 1.13 bits per heavy atom. The van der Waals surface area contributed by atoms with E-state index in [9.17, 15) is 4.79 Å². The van der Waals surface area contributed by atoms with Crippen LogP contribution in [0.25, 0.3) is 15.9 Å². The fourth-order valence-electron chi connectivity index (χ4n) is 3.95. The van der Waals surface area contributed by atoms with E-state index in [0.29, 0.717) is 21.0 Å². The number of hydrogen-bond donors (Lipinski definition) is 1. The van der Waals surface area contributed by atoms with Crippen LogP contribution in [0.5, 0.6) is 0 Å². The Morgan fingerprint density at radius 3 is 2.61 bits per heavy atom. The maximum Gasteiger partial charge on any atom is 0.267 e. The molecule has 0 amide bonds. The van der Waals surface area contributed by atoms with Gasteiger partial charge in [-0.05, 0) is 35.4 Å². The van der Waals surface area contributed by atoms with E-state index < -0.39 is 0 Å². The van der Waals surface area contributed by atoms with Crippen molar-refractivity contribution in [1.29, 1.82) is 0 Å². The average Bonchev–Trinajstić information content (AvgIpc) is 3.11. The van der Waals surface area contributed by atoms with E-state index in [-0.39, 0.29) is 5.56 Å². The first-order chi connectivity index (χ1) is 15.0. The highest BCUT2D eigenvalue weighted by atomic mass is 35.5. The molecule has 2 aromatic heterocycles. The normalized spacial score (nSPS) is 15.9. The first-order valence-electron chi connectivity index (χ1n) is 10.0. The minimum absolute atomic E-state index is 0.000934. The van der Waals surface area contributed by atoms with Gasteiger partial charge in [-0.15, -0.1) is 11.3 Å². The Hall–Kier alpha value is -1.83. The van der Waals surface area contributed by atoms with Crippen LogP contribution in [0.1, 0.15) is 16.0 Å². The molecule has 1 unspecified atom stereocenters. The summed E-state index contributed by atoms with van der Waals surface area (Å²) in [6, 6.07) is 15.2. The van der Waals surface area contributed by atoms with Crippen molar-refractivity contribution < 1.29 is 4.90 Å². The van der Waals surface area contributed by atoms with E-state index in [2.05, 4.69) is 7.05 Å². The summed E-state index contributed by atoms with van der Waals surface area (Å²) in [7, 11) is 2.19. The molecule has 1 aliphatic heterocycles.